The first kappa shape index (κ1) is 12.6. The number of rotatable bonds is 2. The minimum Gasteiger partial charge on any atom is -0.356 e. The van der Waals surface area contributed by atoms with Gasteiger partial charge in [0.1, 0.15) is 16.2 Å². The number of aryl methyl sites for hydroxylation is 1. The first-order chi connectivity index (χ1) is 9.22. The van der Waals surface area contributed by atoms with Crippen LogP contribution >= 0.6 is 15.9 Å². The fraction of sp³-hybridized carbons (Fsp3) is 0.333. The molecule has 98 valence electrons. The Bertz CT molecular complexity index is 551. The summed E-state index contributed by atoms with van der Waals surface area (Å²) in [5, 5.41) is 0. The number of nitrogens with zero attached hydrogens (tertiary/aromatic N) is 3. The molecule has 0 aliphatic carbocycles. The van der Waals surface area contributed by atoms with Gasteiger partial charge in [-0.25, -0.2) is 9.97 Å². The zero-order valence-electron chi connectivity index (χ0n) is 10.9. The molecule has 1 fully saturated rings. The number of benzene rings is 1. The van der Waals surface area contributed by atoms with Crippen LogP contribution in [-0.4, -0.2) is 23.1 Å². The lowest BCUT2D eigenvalue weighted by Crippen LogP contribution is -2.21. The molecule has 1 aliphatic heterocycles. The second-order valence-corrected chi connectivity index (χ2v) is 5.75. The topological polar surface area (TPSA) is 29.0 Å². The molecule has 1 aromatic heterocycles. The van der Waals surface area contributed by atoms with E-state index in [0.717, 1.165) is 29.3 Å². The smallest absolute Gasteiger partial charge is 0.133 e. The third kappa shape index (κ3) is 2.78. The van der Waals surface area contributed by atoms with E-state index in [2.05, 4.69) is 61.1 Å². The summed E-state index contributed by atoms with van der Waals surface area (Å²) in [6.45, 7) is 4.02. The molecule has 1 aromatic carbocycles. The van der Waals surface area contributed by atoms with Crippen LogP contribution in [0.1, 0.15) is 23.7 Å². The van der Waals surface area contributed by atoms with Crippen molar-refractivity contribution < 1.29 is 0 Å². The van der Waals surface area contributed by atoms with E-state index in [1.165, 1.54) is 12.0 Å². The van der Waals surface area contributed by atoms with E-state index >= 15 is 0 Å². The fourth-order valence-electron chi connectivity index (χ4n) is 2.64. The number of anilines is 1. The van der Waals surface area contributed by atoms with E-state index in [0.29, 0.717) is 5.92 Å². The molecule has 1 aliphatic rings. The third-order valence-electron chi connectivity index (χ3n) is 3.58. The zero-order valence-corrected chi connectivity index (χ0v) is 12.5. The molecule has 1 saturated heterocycles. The summed E-state index contributed by atoms with van der Waals surface area (Å²) in [6.07, 6.45) is 1.19. The zero-order chi connectivity index (χ0) is 13.2. The van der Waals surface area contributed by atoms with Crippen molar-refractivity contribution in [1.82, 2.24) is 9.97 Å². The maximum Gasteiger partial charge on any atom is 0.133 e. The number of halogens is 1. The number of hydrogen-bond donors (Lipinski definition) is 0. The molecule has 0 bridgehead atoms. The Kier molecular flexibility index (Phi) is 3.51. The quantitative estimate of drug-likeness (QED) is 0.793. The van der Waals surface area contributed by atoms with Crippen molar-refractivity contribution in [3.05, 3.63) is 52.4 Å². The van der Waals surface area contributed by atoms with Gasteiger partial charge in [0, 0.05) is 25.1 Å². The second-order valence-electron chi connectivity index (χ2n) is 4.94. The minimum atomic E-state index is 0.607. The Morgan fingerprint density at radius 3 is 2.74 bits per heavy atom. The molecule has 0 spiro atoms. The molecular weight excluding hydrogens is 302 g/mol. The summed E-state index contributed by atoms with van der Waals surface area (Å²) in [7, 11) is 0. The highest BCUT2D eigenvalue weighted by molar-refractivity contribution is 9.10. The molecule has 19 heavy (non-hydrogen) atoms. The summed E-state index contributed by atoms with van der Waals surface area (Å²) in [4.78, 5) is 11.1. The SMILES string of the molecule is Cc1nc(Br)cc(N2CCC(c3ccccc3)C2)n1. The highest BCUT2D eigenvalue weighted by atomic mass is 79.9. The van der Waals surface area contributed by atoms with Gasteiger partial charge in [-0.05, 0) is 34.8 Å². The summed E-state index contributed by atoms with van der Waals surface area (Å²) in [5.74, 6) is 2.44. The van der Waals surface area contributed by atoms with Crippen molar-refractivity contribution >= 4 is 21.7 Å². The molecule has 3 rings (SSSR count). The van der Waals surface area contributed by atoms with Gasteiger partial charge in [0.05, 0.1) is 0 Å². The van der Waals surface area contributed by atoms with Gasteiger partial charge in [-0.3, -0.25) is 0 Å². The van der Waals surface area contributed by atoms with E-state index in [9.17, 15) is 0 Å². The first-order valence-electron chi connectivity index (χ1n) is 6.53. The number of aromatic nitrogens is 2. The van der Waals surface area contributed by atoms with Gasteiger partial charge in [-0.15, -0.1) is 0 Å². The van der Waals surface area contributed by atoms with Crippen LogP contribution in [0.5, 0.6) is 0 Å². The average molecular weight is 318 g/mol. The van der Waals surface area contributed by atoms with Crippen LogP contribution in [0.15, 0.2) is 41.0 Å². The van der Waals surface area contributed by atoms with Crippen LogP contribution < -0.4 is 4.90 Å². The molecule has 1 unspecified atom stereocenters. The van der Waals surface area contributed by atoms with E-state index in [1.807, 2.05) is 13.0 Å². The van der Waals surface area contributed by atoms with Gasteiger partial charge in [-0.1, -0.05) is 30.3 Å². The first-order valence-corrected chi connectivity index (χ1v) is 7.33. The Morgan fingerprint density at radius 2 is 2.00 bits per heavy atom. The van der Waals surface area contributed by atoms with Gasteiger partial charge >= 0.3 is 0 Å². The molecule has 3 nitrogen and oxygen atoms in total. The normalized spacial score (nSPS) is 18.8. The largest absolute Gasteiger partial charge is 0.356 e. The molecule has 0 amide bonds. The summed E-state index contributed by atoms with van der Waals surface area (Å²) >= 11 is 3.44. The summed E-state index contributed by atoms with van der Waals surface area (Å²) in [5.41, 5.74) is 1.43. The standard InChI is InChI=1S/C15H16BrN3/c1-11-17-14(16)9-15(18-11)19-8-7-13(10-19)12-5-3-2-4-6-12/h2-6,9,13H,7-8,10H2,1H3. The highest BCUT2D eigenvalue weighted by Crippen LogP contribution is 2.30. The van der Waals surface area contributed by atoms with Crippen molar-refractivity contribution in [2.45, 2.75) is 19.3 Å². The average Bonchev–Trinajstić information content (AvgIpc) is 2.88. The lowest BCUT2D eigenvalue weighted by Gasteiger charge is -2.18. The van der Waals surface area contributed by atoms with Gasteiger partial charge in [0.15, 0.2) is 0 Å². The summed E-state index contributed by atoms with van der Waals surface area (Å²) in [6, 6.07) is 12.7. The van der Waals surface area contributed by atoms with Gasteiger partial charge in [-0.2, -0.15) is 0 Å². The van der Waals surface area contributed by atoms with Crippen molar-refractivity contribution in [1.29, 1.82) is 0 Å². The molecule has 2 heterocycles. The van der Waals surface area contributed by atoms with Crippen molar-refractivity contribution in [3.8, 4) is 0 Å². The molecule has 0 saturated carbocycles. The van der Waals surface area contributed by atoms with Crippen LogP contribution in [0.25, 0.3) is 0 Å². The molecule has 2 aromatic rings. The Balaban J connectivity index is 1.79. The van der Waals surface area contributed by atoms with Gasteiger partial charge in [0.25, 0.3) is 0 Å². The minimum absolute atomic E-state index is 0.607. The van der Waals surface area contributed by atoms with Crippen LogP contribution in [0.3, 0.4) is 0 Å². The number of hydrogen-bond acceptors (Lipinski definition) is 3. The second kappa shape index (κ2) is 5.29. The van der Waals surface area contributed by atoms with E-state index in [4.69, 9.17) is 0 Å². The third-order valence-corrected chi connectivity index (χ3v) is 3.98. The van der Waals surface area contributed by atoms with Crippen LogP contribution in [-0.2, 0) is 0 Å². The Labute approximate surface area is 121 Å². The summed E-state index contributed by atoms with van der Waals surface area (Å²) < 4.78 is 0.859. The van der Waals surface area contributed by atoms with Crippen molar-refractivity contribution in [3.63, 3.8) is 0 Å². The van der Waals surface area contributed by atoms with Crippen LogP contribution in [0.4, 0.5) is 5.82 Å². The lowest BCUT2D eigenvalue weighted by molar-refractivity contribution is 0.773. The predicted octanol–water partition coefficient (Wildman–Crippen LogP) is 3.54. The molecule has 1 atom stereocenters. The molecule has 4 heteroatoms. The molecule has 0 N–H and O–H groups in total. The predicted molar refractivity (Wildman–Crippen MR) is 80.5 cm³/mol. The van der Waals surface area contributed by atoms with E-state index < -0.39 is 0 Å². The lowest BCUT2D eigenvalue weighted by atomic mass is 9.99. The monoisotopic (exact) mass is 317 g/mol. The Morgan fingerprint density at radius 1 is 1.21 bits per heavy atom. The molecular formula is C15H16BrN3. The highest BCUT2D eigenvalue weighted by Gasteiger charge is 2.24. The van der Waals surface area contributed by atoms with Crippen LogP contribution in [0, 0.1) is 6.92 Å². The van der Waals surface area contributed by atoms with E-state index in [1.54, 1.807) is 0 Å². The van der Waals surface area contributed by atoms with Gasteiger partial charge < -0.3 is 4.90 Å². The van der Waals surface area contributed by atoms with Gasteiger partial charge in [0.2, 0.25) is 0 Å². The maximum atomic E-state index is 4.53. The maximum absolute atomic E-state index is 4.53. The van der Waals surface area contributed by atoms with Crippen molar-refractivity contribution in [2.75, 3.05) is 18.0 Å². The molecule has 0 radical (unpaired) electrons. The van der Waals surface area contributed by atoms with Crippen LogP contribution in [0.2, 0.25) is 0 Å². The van der Waals surface area contributed by atoms with Crippen molar-refractivity contribution in [2.24, 2.45) is 0 Å². The fourth-order valence-corrected chi connectivity index (χ4v) is 3.11. The Hall–Kier alpha value is -1.42. The van der Waals surface area contributed by atoms with E-state index in [-0.39, 0.29) is 0 Å².